The minimum atomic E-state index is -0.523. The van der Waals surface area contributed by atoms with Crippen LogP contribution in [0.15, 0.2) is 18.2 Å². The van der Waals surface area contributed by atoms with E-state index in [-0.39, 0.29) is 24.9 Å². The average Bonchev–Trinajstić information content (AvgIpc) is 2.32. The molecule has 0 atom stereocenters. The Kier molecular flexibility index (Phi) is 2.92. The highest BCUT2D eigenvalue weighted by molar-refractivity contribution is 5.98. The third kappa shape index (κ3) is 2.04. The van der Waals surface area contributed by atoms with E-state index in [1.165, 1.54) is 30.2 Å². The van der Waals surface area contributed by atoms with E-state index in [2.05, 4.69) is 0 Å². The molecule has 1 heterocycles. The van der Waals surface area contributed by atoms with Gasteiger partial charge in [-0.3, -0.25) is 19.8 Å². The number of anilines is 1. The first-order valence-electron chi connectivity index (χ1n) is 4.84. The molecule has 0 unspecified atom stereocenters. The maximum absolute atomic E-state index is 11.6. The van der Waals surface area contributed by atoms with E-state index in [1.54, 1.807) is 0 Å². The summed E-state index contributed by atoms with van der Waals surface area (Å²) in [5, 5.41) is 10.7. The molecule has 0 saturated heterocycles. The van der Waals surface area contributed by atoms with Crippen molar-refractivity contribution in [2.24, 2.45) is 0 Å². The normalized spacial score (nSPS) is 14.2. The molecule has 0 spiro atoms. The molecule has 7 heteroatoms. The summed E-state index contributed by atoms with van der Waals surface area (Å²) < 4.78 is 10.1. The smallest absolute Gasteiger partial charge is 0.271 e. The number of nitrogens with zero attached hydrogens (tertiary/aromatic N) is 2. The molecular formula is C10H10N2O5. The number of methoxy groups -OCH3 is 1. The van der Waals surface area contributed by atoms with Crippen LogP contribution in [-0.2, 0) is 9.53 Å². The van der Waals surface area contributed by atoms with Crippen molar-refractivity contribution in [3.8, 4) is 5.75 Å². The lowest BCUT2D eigenvalue weighted by molar-refractivity contribution is -0.384. The predicted molar refractivity (Wildman–Crippen MR) is 58.0 cm³/mol. The summed E-state index contributed by atoms with van der Waals surface area (Å²) in [6.07, 6.45) is 0. The van der Waals surface area contributed by atoms with Crippen molar-refractivity contribution in [1.82, 2.24) is 0 Å². The number of nitro benzene ring substituents is 1. The predicted octanol–water partition coefficient (Wildman–Crippen LogP) is 0.924. The van der Waals surface area contributed by atoms with Gasteiger partial charge in [-0.1, -0.05) is 0 Å². The van der Waals surface area contributed by atoms with E-state index < -0.39 is 4.92 Å². The summed E-state index contributed by atoms with van der Waals surface area (Å²) in [4.78, 5) is 23.0. The molecule has 1 aromatic rings. The molecule has 1 aliphatic rings. The number of ether oxygens (including phenoxy) is 2. The molecule has 1 amide bonds. The van der Waals surface area contributed by atoms with Crippen LogP contribution >= 0.6 is 0 Å². The van der Waals surface area contributed by atoms with Crippen LogP contribution in [0.5, 0.6) is 5.75 Å². The van der Waals surface area contributed by atoms with Gasteiger partial charge in [0.25, 0.3) is 11.6 Å². The lowest BCUT2D eigenvalue weighted by Gasteiger charge is -2.28. The maximum atomic E-state index is 11.6. The molecule has 17 heavy (non-hydrogen) atoms. The number of hydrogen-bond acceptors (Lipinski definition) is 5. The van der Waals surface area contributed by atoms with E-state index in [0.29, 0.717) is 11.4 Å². The number of carbonyl (C=O) groups excluding carboxylic acids is 1. The van der Waals surface area contributed by atoms with Gasteiger partial charge in [-0.05, 0) is 6.07 Å². The van der Waals surface area contributed by atoms with Crippen LogP contribution in [0.4, 0.5) is 11.4 Å². The quantitative estimate of drug-likeness (QED) is 0.577. The minimum absolute atomic E-state index is 0.0381. The van der Waals surface area contributed by atoms with Gasteiger partial charge < -0.3 is 9.47 Å². The Balaban J connectivity index is 2.44. The Bertz CT molecular complexity index is 474. The zero-order valence-electron chi connectivity index (χ0n) is 9.08. The molecule has 1 aliphatic heterocycles. The Hall–Kier alpha value is -2.15. The molecule has 0 radical (unpaired) electrons. The van der Waals surface area contributed by atoms with Crippen molar-refractivity contribution >= 4 is 17.3 Å². The topological polar surface area (TPSA) is 81.9 Å². The molecule has 0 aliphatic carbocycles. The van der Waals surface area contributed by atoms with Crippen molar-refractivity contribution in [3.05, 3.63) is 28.3 Å². The second kappa shape index (κ2) is 4.38. The minimum Gasteiger partial charge on any atom is -0.482 e. The number of amides is 1. The van der Waals surface area contributed by atoms with Crippen LogP contribution in [0, 0.1) is 10.1 Å². The number of benzene rings is 1. The summed E-state index contributed by atoms with van der Waals surface area (Å²) in [6.45, 7) is -0.0511. The zero-order valence-corrected chi connectivity index (χ0v) is 9.08. The first-order chi connectivity index (χ1) is 8.13. The fraction of sp³-hybridized carbons (Fsp3) is 0.300. The lowest BCUT2D eigenvalue weighted by atomic mass is 10.2. The lowest BCUT2D eigenvalue weighted by Crippen LogP contribution is -2.39. The molecule has 0 N–H and O–H groups in total. The van der Waals surface area contributed by atoms with Gasteiger partial charge >= 0.3 is 0 Å². The fourth-order valence-electron chi connectivity index (χ4n) is 1.57. The summed E-state index contributed by atoms with van der Waals surface area (Å²) in [5.74, 6) is 0.145. The van der Waals surface area contributed by atoms with Crippen molar-refractivity contribution < 1.29 is 19.2 Å². The Morgan fingerprint density at radius 3 is 3.00 bits per heavy atom. The van der Waals surface area contributed by atoms with Gasteiger partial charge in [-0.2, -0.15) is 0 Å². The van der Waals surface area contributed by atoms with Crippen LogP contribution in [0.25, 0.3) is 0 Å². The van der Waals surface area contributed by atoms with Crippen LogP contribution < -0.4 is 9.64 Å². The first-order valence-corrected chi connectivity index (χ1v) is 4.84. The van der Waals surface area contributed by atoms with E-state index in [1.807, 2.05) is 0 Å². The van der Waals surface area contributed by atoms with Crippen LogP contribution in [0.3, 0.4) is 0 Å². The number of hydrogen-bond donors (Lipinski definition) is 0. The third-order valence-corrected chi connectivity index (χ3v) is 2.35. The third-order valence-electron chi connectivity index (χ3n) is 2.35. The fourth-order valence-corrected chi connectivity index (χ4v) is 1.57. The van der Waals surface area contributed by atoms with E-state index in [0.717, 1.165) is 0 Å². The van der Waals surface area contributed by atoms with E-state index in [4.69, 9.17) is 9.47 Å². The summed E-state index contributed by atoms with van der Waals surface area (Å²) >= 11 is 0. The van der Waals surface area contributed by atoms with Gasteiger partial charge in [0.2, 0.25) is 0 Å². The van der Waals surface area contributed by atoms with Gasteiger partial charge in [-0.15, -0.1) is 0 Å². The van der Waals surface area contributed by atoms with Crippen LogP contribution in [0.2, 0.25) is 0 Å². The highest BCUT2D eigenvalue weighted by Crippen LogP contribution is 2.34. The Labute approximate surface area is 96.7 Å². The standard InChI is InChI=1S/C10H10N2O5/c1-16-6-11-8-4-7(12(14)15)2-3-9(8)17-5-10(11)13/h2-4H,5-6H2,1H3. The first kappa shape index (κ1) is 11.3. The Morgan fingerprint density at radius 1 is 1.59 bits per heavy atom. The molecule has 0 saturated carbocycles. The molecule has 0 bridgehead atoms. The molecular weight excluding hydrogens is 228 g/mol. The molecule has 2 rings (SSSR count). The van der Waals surface area contributed by atoms with Gasteiger partial charge in [0.15, 0.2) is 6.61 Å². The molecule has 0 aromatic heterocycles. The number of nitro groups is 1. The SMILES string of the molecule is COCN1C(=O)COc2ccc([N+](=O)[O-])cc21. The van der Waals surface area contributed by atoms with Crippen molar-refractivity contribution in [3.63, 3.8) is 0 Å². The second-order valence-electron chi connectivity index (χ2n) is 3.44. The monoisotopic (exact) mass is 238 g/mol. The number of rotatable bonds is 3. The molecule has 90 valence electrons. The molecule has 1 aromatic carbocycles. The largest absolute Gasteiger partial charge is 0.482 e. The number of carbonyl (C=O) groups is 1. The van der Waals surface area contributed by atoms with Gasteiger partial charge in [0, 0.05) is 19.2 Å². The van der Waals surface area contributed by atoms with E-state index in [9.17, 15) is 14.9 Å². The second-order valence-corrected chi connectivity index (χ2v) is 3.44. The number of non-ortho nitro benzene ring substituents is 1. The summed E-state index contributed by atoms with van der Waals surface area (Å²) in [5.41, 5.74) is 0.264. The van der Waals surface area contributed by atoms with Crippen LogP contribution in [-0.4, -0.2) is 31.3 Å². The van der Waals surface area contributed by atoms with Crippen molar-refractivity contribution in [1.29, 1.82) is 0 Å². The van der Waals surface area contributed by atoms with Gasteiger partial charge in [0.1, 0.15) is 12.5 Å². The highest BCUT2D eigenvalue weighted by Gasteiger charge is 2.27. The van der Waals surface area contributed by atoms with Crippen molar-refractivity contribution in [2.45, 2.75) is 0 Å². The Morgan fingerprint density at radius 2 is 2.35 bits per heavy atom. The van der Waals surface area contributed by atoms with Gasteiger partial charge in [-0.25, -0.2) is 0 Å². The van der Waals surface area contributed by atoms with Crippen LogP contribution in [0.1, 0.15) is 0 Å². The summed E-state index contributed by atoms with van der Waals surface area (Å²) in [7, 11) is 1.44. The molecule has 0 fully saturated rings. The summed E-state index contributed by atoms with van der Waals surface area (Å²) in [6, 6.07) is 4.10. The maximum Gasteiger partial charge on any atom is 0.271 e. The molecule has 7 nitrogen and oxygen atoms in total. The van der Waals surface area contributed by atoms with E-state index >= 15 is 0 Å². The average molecular weight is 238 g/mol. The highest BCUT2D eigenvalue weighted by atomic mass is 16.6. The van der Waals surface area contributed by atoms with Crippen molar-refractivity contribution in [2.75, 3.05) is 25.3 Å². The number of fused-ring (bicyclic) bond motifs is 1. The van der Waals surface area contributed by atoms with Gasteiger partial charge in [0.05, 0.1) is 10.6 Å². The zero-order chi connectivity index (χ0) is 12.4.